The van der Waals surface area contributed by atoms with E-state index in [0.717, 1.165) is 25.9 Å². The van der Waals surface area contributed by atoms with E-state index in [4.69, 9.17) is 14.9 Å². The SMILES string of the molecule is O=C(O)CCC(NC(=O)NCCC1CCCCO1)C(=O)O. The summed E-state index contributed by atoms with van der Waals surface area (Å²) in [7, 11) is 0. The van der Waals surface area contributed by atoms with Gasteiger partial charge in [-0.2, -0.15) is 0 Å². The average Bonchev–Trinajstić information content (AvgIpc) is 2.44. The fraction of sp³-hybridized carbons (Fsp3) is 0.769. The third-order valence-electron chi connectivity index (χ3n) is 3.28. The Morgan fingerprint density at radius 1 is 1.24 bits per heavy atom. The van der Waals surface area contributed by atoms with Crippen molar-refractivity contribution in [2.75, 3.05) is 13.2 Å². The van der Waals surface area contributed by atoms with Crippen LogP contribution >= 0.6 is 0 Å². The first kappa shape index (κ1) is 17.2. The highest BCUT2D eigenvalue weighted by molar-refractivity contribution is 5.82. The Morgan fingerprint density at radius 3 is 2.57 bits per heavy atom. The maximum atomic E-state index is 11.6. The molecule has 1 aliphatic heterocycles. The molecule has 2 amide bonds. The maximum Gasteiger partial charge on any atom is 0.326 e. The number of ether oxygens (including phenoxy) is 1. The van der Waals surface area contributed by atoms with E-state index in [2.05, 4.69) is 10.6 Å². The zero-order chi connectivity index (χ0) is 15.7. The smallest absolute Gasteiger partial charge is 0.326 e. The van der Waals surface area contributed by atoms with E-state index in [1.807, 2.05) is 0 Å². The van der Waals surface area contributed by atoms with Crippen LogP contribution in [0.15, 0.2) is 0 Å². The molecule has 1 saturated heterocycles. The molecule has 0 aromatic rings. The monoisotopic (exact) mass is 302 g/mol. The fourth-order valence-corrected chi connectivity index (χ4v) is 2.12. The lowest BCUT2D eigenvalue weighted by molar-refractivity contribution is -0.140. The molecule has 8 nitrogen and oxygen atoms in total. The summed E-state index contributed by atoms with van der Waals surface area (Å²) in [5.41, 5.74) is 0. The molecule has 8 heteroatoms. The van der Waals surface area contributed by atoms with Crippen LogP contribution in [0.1, 0.15) is 38.5 Å². The number of carboxylic acid groups (broad SMARTS) is 2. The first-order valence-corrected chi connectivity index (χ1v) is 7.09. The molecule has 2 unspecified atom stereocenters. The van der Waals surface area contributed by atoms with E-state index < -0.39 is 24.0 Å². The Kier molecular flexibility index (Phi) is 7.52. The summed E-state index contributed by atoms with van der Waals surface area (Å²) in [5.74, 6) is -2.35. The number of amides is 2. The number of hydrogen-bond donors (Lipinski definition) is 4. The summed E-state index contributed by atoms with van der Waals surface area (Å²) < 4.78 is 5.51. The van der Waals surface area contributed by atoms with Crippen molar-refractivity contribution in [2.24, 2.45) is 0 Å². The van der Waals surface area contributed by atoms with Gasteiger partial charge in [-0.3, -0.25) is 4.79 Å². The number of nitrogens with one attached hydrogen (secondary N) is 2. The van der Waals surface area contributed by atoms with Gasteiger partial charge < -0.3 is 25.6 Å². The van der Waals surface area contributed by atoms with Gasteiger partial charge in [-0.1, -0.05) is 0 Å². The van der Waals surface area contributed by atoms with Gasteiger partial charge in [0.1, 0.15) is 6.04 Å². The number of carbonyl (C=O) groups excluding carboxylic acids is 1. The lowest BCUT2D eigenvalue weighted by atomic mass is 10.1. The van der Waals surface area contributed by atoms with Gasteiger partial charge in [0.05, 0.1) is 6.10 Å². The van der Waals surface area contributed by atoms with E-state index in [1.54, 1.807) is 0 Å². The minimum absolute atomic E-state index is 0.140. The van der Waals surface area contributed by atoms with E-state index >= 15 is 0 Å². The van der Waals surface area contributed by atoms with Gasteiger partial charge in [-0.15, -0.1) is 0 Å². The summed E-state index contributed by atoms with van der Waals surface area (Å²) in [6.07, 6.45) is 3.51. The van der Waals surface area contributed by atoms with Gasteiger partial charge in [-0.25, -0.2) is 9.59 Å². The summed E-state index contributed by atoms with van der Waals surface area (Å²) in [6, 6.07) is -1.81. The van der Waals surface area contributed by atoms with E-state index in [0.29, 0.717) is 13.0 Å². The molecule has 0 spiro atoms. The fourth-order valence-electron chi connectivity index (χ4n) is 2.12. The Labute approximate surface area is 122 Å². The second-order valence-corrected chi connectivity index (χ2v) is 5.00. The van der Waals surface area contributed by atoms with Gasteiger partial charge >= 0.3 is 18.0 Å². The van der Waals surface area contributed by atoms with E-state index in [9.17, 15) is 14.4 Å². The molecule has 1 rings (SSSR count). The van der Waals surface area contributed by atoms with Gasteiger partial charge in [0, 0.05) is 19.6 Å². The van der Waals surface area contributed by atoms with Crippen LogP contribution in [-0.4, -0.2) is 53.5 Å². The molecule has 21 heavy (non-hydrogen) atoms. The Hall–Kier alpha value is -1.83. The number of urea groups is 1. The Balaban J connectivity index is 2.22. The molecule has 0 bridgehead atoms. The third-order valence-corrected chi connectivity index (χ3v) is 3.28. The maximum absolute atomic E-state index is 11.6. The zero-order valence-electron chi connectivity index (χ0n) is 11.8. The molecule has 1 fully saturated rings. The molecule has 1 aliphatic rings. The summed E-state index contributed by atoms with van der Waals surface area (Å²) in [5, 5.41) is 22.3. The number of aliphatic carboxylic acids is 2. The summed E-state index contributed by atoms with van der Waals surface area (Å²) >= 11 is 0. The van der Waals surface area contributed by atoms with Gasteiger partial charge in [-0.05, 0) is 32.1 Å². The van der Waals surface area contributed by atoms with Crippen LogP contribution in [-0.2, 0) is 14.3 Å². The second-order valence-electron chi connectivity index (χ2n) is 5.00. The van der Waals surface area contributed by atoms with Crippen molar-refractivity contribution in [1.82, 2.24) is 10.6 Å². The van der Waals surface area contributed by atoms with Crippen molar-refractivity contribution >= 4 is 18.0 Å². The number of carbonyl (C=O) groups is 3. The molecule has 2 atom stereocenters. The Morgan fingerprint density at radius 2 is 2.00 bits per heavy atom. The zero-order valence-corrected chi connectivity index (χ0v) is 11.8. The van der Waals surface area contributed by atoms with Gasteiger partial charge in [0.15, 0.2) is 0 Å². The number of rotatable bonds is 8. The minimum Gasteiger partial charge on any atom is -0.481 e. The normalized spacial score (nSPS) is 19.5. The van der Waals surface area contributed by atoms with Crippen molar-refractivity contribution < 1.29 is 29.3 Å². The first-order chi connectivity index (χ1) is 9.99. The van der Waals surface area contributed by atoms with Crippen LogP contribution in [0.25, 0.3) is 0 Å². The third kappa shape index (κ3) is 7.50. The van der Waals surface area contributed by atoms with Crippen molar-refractivity contribution in [1.29, 1.82) is 0 Å². The summed E-state index contributed by atoms with van der Waals surface area (Å²) in [4.78, 5) is 32.9. The van der Waals surface area contributed by atoms with Crippen LogP contribution in [0.3, 0.4) is 0 Å². The number of hydrogen-bond acceptors (Lipinski definition) is 4. The van der Waals surface area contributed by atoms with Crippen LogP contribution < -0.4 is 10.6 Å². The molecule has 120 valence electrons. The molecule has 0 radical (unpaired) electrons. The molecular formula is C13H22N2O6. The van der Waals surface area contributed by atoms with Crippen molar-refractivity contribution in [2.45, 2.75) is 50.7 Å². The standard InChI is InChI=1S/C13H22N2O6/c16-11(17)5-4-10(12(18)19)15-13(20)14-7-6-9-3-1-2-8-21-9/h9-10H,1-8H2,(H,16,17)(H,18,19)(H2,14,15,20). The highest BCUT2D eigenvalue weighted by Crippen LogP contribution is 2.14. The predicted octanol–water partition coefficient (Wildman–Crippen LogP) is 0.563. The lowest BCUT2D eigenvalue weighted by Gasteiger charge is -2.22. The lowest BCUT2D eigenvalue weighted by Crippen LogP contribution is -2.46. The van der Waals surface area contributed by atoms with E-state index in [-0.39, 0.29) is 18.9 Å². The van der Waals surface area contributed by atoms with Crippen LogP contribution in [0, 0.1) is 0 Å². The molecule has 0 saturated carbocycles. The average molecular weight is 302 g/mol. The molecular weight excluding hydrogens is 280 g/mol. The predicted molar refractivity (Wildman–Crippen MR) is 73.0 cm³/mol. The first-order valence-electron chi connectivity index (χ1n) is 7.09. The van der Waals surface area contributed by atoms with Gasteiger partial charge in [0.25, 0.3) is 0 Å². The molecule has 1 heterocycles. The van der Waals surface area contributed by atoms with E-state index in [1.165, 1.54) is 0 Å². The summed E-state index contributed by atoms with van der Waals surface area (Å²) in [6.45, 7) is 1.13. The van der Waals surface area contributed by atoms with Crippen LogP contribution in [0.5, 0.6) is 0 Å². The number of carboxylic acids is 2. The van der Waals surface area contributed by atoms with Crippen molar-refractivity contribution in [3.63, 3.8) is 0 Å². The molecule has 4 N–H and O–H groups in total. The Bertz CT molecular complexity index is 368. The quantitative estimate of drug-likeness (QED) is 0.519. The molecule has 0 aromatic carbocycles. The molecule has 0 aliphatic carbocycles. The van der Waals surface area contributed by atoms with Crippen LogP contribution in [0.2, 0.25) is 0 Å². The topological polar surface area (TPSA) is 125 Å². The highest BCUT2D eigenvalue weighted by Gasteiger charge is 2.21. The van der Waals surface area contributed by atoms with Crippen molar-refractivity contribution in [3.8, 4) is 0 Å². The molecule has 0 aromatic heterocycles. The minimum atomic E-state index is -1.25. The van der Waals surface area contributed by atoms with Crippen molar-refractivity contribution in [3.05, 3.63) is 0 Å². The highest BCUT2D eigenvalue weighted by atomic mass is 16.5. The second kappa shape index (κ2) is 9.17. The largest absolute Gasteiger partial charge is 0.481 e. The van der Waals surface area contributed by atoms with Gasteiger partial charge in [0.2, 0.25) is 0 Å². The van der Waals surface area contributed by atoms with Crippen LogP contribution in [0.4, 0.5) is 4.79 Å².